The molecule has 0 unspecified atom stereocenters. The standard InChI is InChI=1S/C13H15ClF3NO2.ClH/c1-12(2,11(19)20-3)10(18)7-5-4-6-8(9(7)14)13(15,16)17;/h4-6,10H,18H2,1-3H3;1H/t10-;/m1./s1. The van der Waals surface area contributed by atoms with Gasteiger partial charge in [0.1, 0.15) is 0 Å². The van der Waals surface area contributed by atoms with E-state index in [0.29, 0.717) is 0 Å². The smallest absolute Gasteiger partial charge is 0.417 e. The van der Waals surface area contributed by atoms with Crippen molar-refractivity contribution in [2.75, 3.05) is 7.11 Å². The molecule has 1 rings (SSSR count). The molecule has 0 aliphatic rings. The van der Waals surface area contributed by atoms with Crippen LogP contribution in [0.15, 0.2) is 18.2 Å². The van der Waals surface area contributed by atoms with Gasteiger partial charge in [0.05, 0.1) is 23.1 Å². The second-order valence-corrected chi connectivity index (χ2v) is 5.28. The highest BCUT2D eigenvalue weighted by Crippen LogP contribution is 2.41. The number of nitrogens with two attached hydrogens (primary N) is 1. The molecule has 0 aromatic heterocycles. The maximum atomic E-state index is 12.8. The maximum Gasteiger partial charge on any atom is 0.417 e. The van der Waals surface area contributed by atoms with E-state index in [4.69, 9.17) is 17.3 Å². The number of hydrogen-bond donors (Lipinski definition) is 1. The number of methoxy groups -OCH3 is 1. The van der Waals surface area contributed by atoms with E-state index >= 15 is 0 Å². The van der Waals surface area contributed by atoms with Gasteiger partial charge in [0, 0.05) is 6.04 Å². The molecule has 0 spiro atoms. The van der Waals surface area contributed by atoms with Crippen molar-refractivity contribution < 1.29 is 22.7 Å². The monoisotopic (exact) mass is 345 g/mol. The van der Waals surface area contributed by atoms with Crippen LogP contribution in [0.5, 0.6) is 0 Å². The van der Waals surface area contributed by atoms with Gasteiger partial charge in [0.2, 0.25) is 0 Å². The highest BCUT2D eigenvalue weighted by molar-refractivity contribution is 6.32. The normalized spacial score (nSPS) is 13.3. The predicted molar refractivity (Wildman–Crippen MR) is 76.4 cm³/mol. The zero-order chi connectivity index (χ0) is 15.7. The van der Waals surface area contributed by atoms with Gasteiger partial charge in [0.25, 0.3) is 0 Å². The first-order valence-corrected chi connectivity index (χ1v) is 6.11. The van der Waals surface area contributed by atoms with Crippen molar-refractivity contribution in [2.24, 2.45) is 11.1 Å². The summed E-state index contributed by atoms with van der Waals surface area (Å²) in [6.07, 6.45) is -4.58. The van der Waals surface area contributed by atoms with Crippen molar-refractivity contribution >= 4 is 30.0 Å². The average molecular weight is 346 g/mol. The molecule has 0 saturated heterocycles. The van der Waals surface area contributed by atoms with Crippen molar-refractivity contribution in [2.45, 2.75) is 26.1 Å². The molecule has 0 fully saturated rings. The van der Waals surface area contributed by atoms with E-state index < -0.39 is 34.2 Å². The number of carbonyl (C=O) groups is 1. The quantitative estimate of drug-likeness (QED) is 0.843. The Morgan fingerprint density at radius 2 is 1.86 bits per heavy atom. The second-order valence-electron chi connectivity index (χ2n) is 4.90. The Hall–Kier alpha value is -0.980. The number of benzene rings is 1. The molecule has 0 radical (unpaired) electrons. The maximum absolute atomic E-state index is 12.8. The molecule has 21 heavy (non-hydrogen) atoms. The van der Waals surface area contributed by atoms with Crippen LogP contribution >= 0.6 is 24.0 Å². The lowest BCUT2D eigenvalue weighted by Gasteiger charge is -2.30. The van der Waals surface area contributed by atoms with Gasteiger partial charge in [-0.1, -0.05) is 23.7 Å². The van der Waals surface area contributed by atoms with Crippen molar-refractivity contribution in [1.82, 2.24) is 0 Å². The number of rotatable bonds is 3. The van der Waals surface area contributed by atoms with Crippen molar-refractivity contribution in [3.63, 3.8) is 0 Å². The first kappa shape index (κ1) is 20.0. The molecule has 0 heterocycles. The van der Waals surface area contributed by atoms with E-state index in [-0.39, 0.29) is 18.0 Å². The lowest BCUT2D eigenvalue weighted by Crippen LogP contribution is -2.37. The van der Waals surface area contributed by atoms with Gasteiger partial charge >= 0.3 is 12.1 Å². The van der Waals surface area contributed by atoms with Crippen LogP contribution in [0.2, 0.25) is 5.02 Å². The number of esters is 1. The largest absolute Gasteiger partial charge is 0.469 e. The molecule has 2 N–H and O–H groups in total. The number of ether oxygens (including phenoxy) is 1. The van der Waals surface area contributed by atoms with Gasteiger partial charge in [-0.25, -0.2) is 0 Å². The lowest BCUT2D eigenvalue weighted by atomic mass is 9.80. The van der Waals surface area contributed by atoms with E-state index in [1.807, 2.05) is 0 Å². The molecule has 0 bridgehead atoms. The topological polar surface area (TPSA) is 52.3 Å². The van der Waals surface area contributed by atoms with Crippen molar-refractivity contribution in [1.29, 1.82) is 0 Å². The van der Waals surface area contributed by atoms with Crippen LogP contribution in [0.1, 0.15) is 31.0 Å². The van der Waals surface area contributed by atoms with Gasteiger partial charge in [0.15, 0.2) is 0 Å². The van der Waals surface area contributed by atoms with Crippen molar-refractivity contribution in [3.8, 4) is 0 Å². The molecule has 1 atom stereocenters. The second kappa shape index (κ2) is 6.85. The zero-order valence-electron chi connectivity index (χ0n) is 11.6. The fraction of sp³-hybridized carbons (Fsp3) is 0.462. The summed E-state index contributed by atoms with van der Waals surface area (Å²) in [6, 6.07) is 2.41. The Bertz CT molecular complexity index is 519. The highest BCUT2D eigenvalue weighted by Gasteiger charge is 2.40. The summed E-state index contributed by atoms with van der Waals surface area (Å²) in [5, 5.41) is -0.496. The molecule has 1 aromatic rings. The van der Waals surface area contributed by atoms with Crippen LogP contribution in [0.25, 0.3) is 0 Å². The summed E-state index contributed by atoms with van der Waals surface area (Å²) in [4.78, 5) is 11.7. The Labute approximate surface area is 132 Å². The fourth-order valence-electron chi connectivity index (χ4n) is 1.79. The summed E-state index contributed by atoms with van der Waals surface area (Å²) in [5.41, 5.74) is 3.78. The van der Waals surface area contributed by atoms with Gasteiger partial charge in [-0.3, -0.25) is 4.79 Å². The Morgan fingerprint density at radius 1 is 1.33 bits per heavy atom. The molecule has 120 valence electrons. The first-order valence-electron chi connectivity index (χ1n) is 5.73. The van der Waals surface area contributed by atoms with Gasteiger partial charge in [-0.05, 0) is 25.5 Å². The van der Waals surface area contributed by atoms with Crippen LogP contribution in [-0.4, -0.2) is 13.1 Å². The zero-order valence-corrected chi connectivity index (χ0v) is 13.2. The summed E-state index contributed by atoms with van der Waals surface area (Å²) in [5.74, 6) is -0.626. The van der Waals surface area contributed by atoms with Crippen LogP contribution in [0.4, 0.5) is 13.2 Å². The van der Waals surface area contributed by atoms with Crippen LogP contribution in [0, 0.1) is 5.41 Å². The van der Waals surface area contributed by atoms with E-state index in [0.717, 1.165) is 6.07 Å². The molecular weight excluding hydrogens is 330 g/mol. The highest BCUT2D eigenvalue weighted by atomic mass is 35.5. The molecule has 0 amide bonds. The fourth-order valence-corrected chi connectivity index (χ4v) is 2.14. The van der Waals surface area contributed by atoms with Crippen LogP contribution < -0.4 is 5.73 Å². The molecular formula is C13H16Cl2F3NO2. The van der Waals surface area contributed by atoms with Crippen molar-refractivity contribution in [3.05, 3.63) is 34.3 Å². The summed E-state index contributed by atoms with van der Waals surface area (Å²) < 4.78 is 43.0. The lowest BCUT2D eigenvalue weighted by molar-refractivity contribution is -0.152. The molecule has 0 aliphatic carbocycles. The minimum Gasteiger partial charge on any atom is -0.469 e. The Balaban J connectivity index is 0.00000400. The number of carbonyl (C=O) groups excluding carboxylic acids is 1. The van der Waals surface area contributed by atoms with Crippen LogP contribution in [-0.2, 0) is 15.7 Å². The predicted octanol–water partition coefficient (Wildman–Crippen LogP) is 3.98. The number of halogens is 5. The Morgan fingerprint density at radius 3 is 2.29 bits per heavy atom. The Kier molecular flexibility index (Phi) is 6.53. The number of hydrogen-bond acceptors (Lipinski definition) is 3. The molecule has 8 heteroatoms. The summed E-state index contributed by atoms with van der Waals surface area (Å²) >= 11 is 5.79. The third kappa shape index (κ3) is 4.02. The minimum absolute atomic E-state index is 0. The minimum atomic E-state index is -4.58. The average Bonchev–Trinajstić information content (AvgIpc) is 2.35. The molecule has 1 aromatic carbocycles. The SMILES string of the molecule is COC(=O)C(C)(C)[C@H](N)c1cccc(C(F)(F)F)c1Cl.Cl. The molecule has 0 aliphatic heterocycles. The third-order valence-corrected chi connectivity index (χ3v) is 3.58. The van der Waals surface area contributed by atoms with Gasteiger partial charge in [-0.15, -0.1) is 12.4 Å². The molecule has 3 nitrogen and oxygen atoms in total. The van der Waals surface area contributed by atoms with E-state index in [1.165, 1.54) is 33.1 Å². The summed E-state index contributed by atoms with van der Waals surface area (Å²) in [6.45, 7) is 2.97. The first-order chi connectivity index (χ1) is 9.03. The van der Waals surface area contributed by atoms with Gasteiger partial charge in [-0.2, -0.15) is 13.2 Å². The summed E-state index contributed by atoms with van der Waals surface area (Å²) in [7, 11) is 1.19. The van der Waals surface area contributed by atoms with Gasteiger partial charge < -0.3 is 10.5 Å². The van der Waals surface area contributed by atoms with E-state index in [2.05, 4.69) is 4.74 Å². The van der Waals surface area contributed by atoms with Crippen LogP contribution in [0.3, 0.4) is 0 Å². The molecule has 0 saturated carbocycles. The van der Waals surface area contributed by atoms with E-state index in [1.54, 1.807) is 0 Å². The van der Waals surface area contributed by atoms with E-state index in [9.17, 15) is 18.0 Å². The number of alkyl halides is 3. The third-order valence-electron chi connectivity index (χ3n) is 3.16.